The van der Waals surface area contributed by atoms with Crippen LogP contribution in [-0.4, -0.2) is 4.98 Å². The average molecular weight is 191 g/mol. The first-order chi connectivity index (χ1) is 6.75. The smallest absolute Gasteiger partial charge is 0.256 e. The van der Waals surface area contributed by atoms with Crippen molar-refractivity contribution in [3.8, 4) is 0 Å². The first-order valence-corrected chi connectivity index (χ1v) is 4.13. The summed E-state index contributed by atoms with van der Waals surface area (Å²) >= 11 is 0. The number of nitrogens with zero attached hydrogens (tertiary/aromatic N) is 1. The van der Waals surface area contributed by atoms with E-state index in [1.54, 1.807) is 6.07 Å². The zero-order chi connectivity index (χ0) is 9.97. The van der Waals surface area contributed by atoms with Crippen LogP contribution in [0.5, 0.6) is 0 Å². The fourth-order valence-corrected chi connectivity index (χ4v) is 1.29. The van der Waals surface area contributed by atoms with Crippen LogP contribution in [0.3, 0.4) is 0 Å². The predicted molar refractivity (Wildman–Crippen MR) is 51.9 cm³/mol. The maximum absolute atomic E-state index is 12.0. The Bertz CT molecular complexity index is 487. The lowest BCUT2D eigenvalue weighted by Crippen LogP contribution is -1.80. The molecule has 0 aliphatic rings. The molecule has 70 valence electrons. The molecule has 0 atom stereocenters. The average Bonchev–Trinajstić information content (AvgIpc) is 2.17. The van der Waals surface area contributed by atoms with Crippen molar-refractivity contribution < 1.29 is 8.78 Å². The third kappa shape index (κ3) is 1.76. The minimum Gasteiger partial charge on any atom is -0.256 e. The Morgan fingerprint density at radius 3 is 2.79 bits per heavy atom. The maximum Gasteiger partial charge on any atom is 0.270 e. The van der Waals surface area contributed by atoms with Gasteiger partial charge in [-0.05, 0) is 17.7 Å². The third-order valence-corrected chi connectivity index (χ3v) is 1.89. The number of hydrogen-bond donors (Lipinski definition) is 0. The zero-order valence-corrected chi connectivity index (χ0v) is 7.24. The summed E-state index contributed by atoms with van der Waals surface area (Å²) in [5, 5.41) is 0.863. The highest BCUT2D eigenvalue weighted by molar-refractivity contribution is 5.80. The Morgan fingerprint density at radius 1 is 1.21 bits per heavy atom. The summed E-state index contributed by atoms with van der Waals surface area (Å²) in [6.45, 7) is 0. The van der Waals surface area contributed by atoms with E-state index in [2.05, 4.69) is 4.98 Å². The second-order valence-electron chi connectivity index (χ2n) is 2.90. The number of rotatable bonds is 1. The standard InChI is InChI=1S/C11H7F2N/c12-11(13)6-8-5-9-3-1-2-4-10(9)14-7-8/h1-7H. The molecular weight excluding hydrogens is 184 g/mol. The Kier molecular flexibility index (Phi) is 2.23. The molecule has 0 aliphatic heterocycles. The van der Waals surface area contributed by atoms with E-state index in [9.17, 15) is 8.78 Å². The third-order valence-electron chi connectivity index (χ3n) is 1.89. The minimum atomic E-state index is -1.71. The van der Waals surface area contributed by atoms with Crippen molar-refractivity contribution in [3.63, 3.8) is 0 Å². The number of pyridine rings is 1. The highest BCUT2D eigenvalue weighted by Gasteiger charge is 1.96. The van der Waals surface area contributed by atoms with Crippen molar-refractivity contribution in [2.45, 2.75) is 0 Å². The van der Waals surface area contributed by atoms with E-state index >= 15 is 0 Å². The van der Waals surface area contributed by atoms with E-state index in [1.165, 1.54) is 6.20 Å². The molecule has 1 aromatic heterocycles. The summed E-state index contributed by atoms with van der Waals surface area (Å²) in [7, 11) is 0. The molecule has 0 N–H and O–H groups in total. The van der Waals surface area contributed by atoms with E-state index < -0.39 is 6.08 Å². The summed E-state index contributed by atoms with van der Waals surface area (Å²) in [4.78, 5) is 4.06. The van der Waals surface area contributed by atoms with Gasteiger partial charge in [0.15, 0.2) is 0 Å². The van der Waals surface area contributed by atoms with Gasteiger partial charge in [-0.3, -0.25) is 4.98 Å². The lowest BCUT2D eigenvalue weighted by Gasteiger charge is -1.97. The van der Waals surface area contributed by atoms with Crippen LogP contribution < -0.4 is 0 Å². The van der Waals surface area contributed by atoms with E-state index in [0.717, 1.165) is 17.0 Å². The molecule has 1 aromatic carbocycles. The Morgan fingerprint density at radius 2 is 2.00 bits per heavy atom. The molecule has 2 aromatic rings. The fourth-order valence-electron chi connectivity index (χ4n) is 1.29. The topological polar surface area (TPSA) is 12.9 Å². The van der Waals surface area contributed by atoms with E-state index in [4.69, 9.17) is 0 Å². The fraction of sp³-hybridized carbons (Fsp3) is 0. The van der Waals surface area contributed by atoms with Gasteiger partial charge in [-0.15, -0.1) is 0 Å². The van der Waals surface area contributed by atoms with Crippen LogP contribution in [0, 0.1) is 0 Å². The number of fused-ring (bicyclic) bond motifs is 1. The molecule has 0 spiro atoms. The molecule has 1 nitrogen and oxygen atoms in total. The second-order valence-corrected chi connectivity index (χ2v) is 2.90. The Balaban J connectivity index is 2.57. The first-order valence-electron chi connectivity index (χ1n) is 4.13. The Hall–Kier alpha value is -1.77. The van der Waals surface area contributed by atoms with Gasteiger partial charge in [0.2, 0.25) is 0 Å². The number of halogens is 2. The normalized spacial score (nSPS) is 10.1. The molecule has 0 radical (unpaired) electrons. The van der Waals surface area contributed by atoms with Gasteiger partial charge < -0.3 is 0 Å². The van der Waals surface area contributed by atoms with Crippen LogP contribution in [0.25, 0.3) is 17.0 Å². The van der Waals surface area contributed by atoms with Gasteiger partial charge in [0.05, 0.1) is 5.52 Å². The molecule has 14 heavy (non-hydrogen) atoms. The summed E-state index contributed by atoms with van der Waals surface area (Å²) in [6.07, 6.45) is 0.531. The van der Waals surface area contributed by atoms with Gasteiger partial charge in [-0.2, -0.15) is 8.78 Å². The van der Waals surface area contributed by atoms with Crippen molar-refractivity contribution in [2.75, 3.05) is 0 Å². The highest BCUT2D eigenvalue weighted by atomic mass is 19.3. The van der Waals surface area contributed by atoms with Crippen molar-refractivity contribution >= 4 is 17.0 Å². The maximum atomic E-state index is 12.0. The monoisotopic (exact) mass is 191 g/mol. The molecule has 2 rings (SSSR count). The molecule has 0 aliphatic carbocycles. The van der Waals surface area contributed by atoms with Crippen molar-refractivity contribution in [2.24, 2.45) is 0 Å². The predicted octanol–water partition coefficient (Wildman–Crippen LogP) is 3.47. The molecule has 1 heterocycles. The van der Waals surface area contributed by atoms with Crippen molar-refractivity contribution in [1.29, 1.82) is 0 Å². The van der Waals surface area contributed by atoms with Crippen LogP contribution in [0.2, 0.25) is 0 Å². The quantitative estimate of drug-likeness (QED) is 0.672. The Labute approximate surface area is 79.7 Å². The van der Waals surface area contributed by atoms with Gasteiger partial charge in [0, 0.05) is 17.7 Å². The lowest BCUT2D eigenvalue weighted by molar-refractivity contribution is 0.429. The van der Waals surface area contributed by atoms with E-state index in [1.807, 2.05) is 24.3 Å². The van der Waals surface area contributed by atoms with Crippen molar-refractivity contribution in [3.05, 3.63) is 48.2 Å². The molecule has 0 saturated heterocycles. The number of hydrogen-bond acceptors (Lipinski definition) is 1. The van der Waals surface area contributed by atoms with Gasteiger partial charge in [0.25, 0.3) is 6.08 Å². The largest absolute Gasteiger partial charge is 0.270 e. The van der Waals surface area contributed by atoms with Crippen LogP contribution in [0.4, 0.5) is 8.78 Å². The molecule has 0 amide bonds. The summed E-state index contributed by atoms with van der Waals surface area (Å²) in [5.41, 5.74) is 1.23. The first kappa shape index (κ1) is 8.81. The molecule has 0 saturated carbocycles. The van der Waals surface area contributed by atoms with Gasteiger partial charge >= 0.3 is 0 Å². The molecule has 3 heteroatoms. The minimum absolute atomic E-state index is 0.420. The van der Waals surface area contributed by atoms with Crippen molar-refractivity contribution in [1.82, 2.24) is 4.98 Å². The van der Waals surface area contributed by atoms with Crippen LogP contribution in [0.1, 0.15) is 5.56 Å². The number of para-hydroxylation sites is 1. The molecule has 0 fully saturated rings. The van der Waals surface area contributed by atoms with E-state index in [0.29, 0.717) is 5.56 Å². The molecular formula is C11H7F2N. The molecule has 0 unspecified atom stereocenters. The number of benzene rings is 1. The van der Waals surface area contributed by atoms with Crippen LogP contribution >= 0.6 is 0 Å². The van der Waals surface area contributed by atoms with Crippen LogP contribution in [0.15, 0.2) is 42.6 Å². The zero-order valence-electron chi connectivity index (χ0n) is 7.24. The summed E-state index contributed by atoms with van der Waals surface area (Å²) in [5.74, 6) is 0. The van der Waals surface area contributed by atoms with Crippen LogP contribution in [-0.2, 0) is 0 Å². The summed E-state index contributed by atoms with van der Waals surface area (Å²) < 4.78 is 23.9. The lowest BCUT2D eigenvalue weighted by atomic mass is 10.1. The highest BCUT2D eigenvalue weighted by Crippen LogP contribution is 2.15. The van der Waals surface area contributed by atoms with E-state index in [-0.39, 0.29) is 0 Å². The number of aromatic nitrogens is 1. The SMILES string of the molecule is FC(F)=Cc1cnc2ccccc2c1. The second kappa shape index (κ2) is 3.54. The summed E-state index contributed by atoms with van der Waals surface area (Å²) in [6, 6.07) is 9.08. The molecule has 0 bridgehead atoms. The van der Waals surface area contributed by atoms with Gasteiger partial charge in [-0.1, -0.05) is 18.2 Å². The van der Waals surface area contributed by atoms with Gasteiger partial charge in [0.1, 0.15) is 0 Å². The van der Waals surface area contributed by atoms with Gasteiger partial charge in [-0.25, -0.2) is 0 Å².